The maximum atomic E-state index is 13.7. The summed E-state index contributed by atoms with van der Waals surface area (Å²) in [7, 11) is 0. The summed E-state index contributed by atoms with van der Waals surface area (Å²) < 4.78 is 32.7. The molecule has 1 atom stereocenters. The summed E-state index contributed by atoms with van der Waals surface area (Å²) >= 11 is 1.88. The van der Waals surface area contributed by atoms with Gasteiger partial charge in [0.25, 0.3) is 0 Å². The highest BCUT2D eigenvalue weighted by molar-refractivity contribution is 14.1. The average molecular weight is 412 g/mol. The molecule has 4 nitrogen and oxygen atoms in total. The molecule has 0 aliphatic rings. The molecule has 1 aromatic carbocycles. The third-order valence-electron chi connectivity index (χ3n) is 2.72. The first-order chi connectivity index (χ1) is 9.66. The molecule has 0 aromatic heterocycles. The van der Waals surface area contributed by atoms with Gasteiger partial charge in [0, 0.05) is 3.57 Å². The largest absolute Gasteiger partial charge is 0.477 e. The fraction of sp³-hybridized carbons (Fsp3) is 0.429. The number of carbonyl (C=O) groups excluding carboxylic acids is 1. The van der Waals surface area contributed by atoms with E-state index in [0.717, 1.165) is 0 Å². The molecule has 116 valence electrons. The van der Waals surface area contributed by atoms with Crippen molar-refractivity contribution in [1.82, 2.24) is 0 Å². The maximum Gasteiger partial charge on any atom is 0.378 e. The molecule has 1 rings (SSSR count). The second-order valence-corrected chi connectivity index (χ2v) is 6.09. The average Bonchev–Trinajstić information content (AvgIpc) is 2.37. The molecule has 0 bridgehead atoms. The van der Waals surface area contributed by atoms with Gasteiger partial charge in [0.1, 0.15) is 0 Å². The van der Waals surface area contributed by atoms with E-state index in [1.807, 2.05) is 22.6 Å². The number of hydrogen-bond acceptors (Lipinski definition) is 3. The fourth-order valence-electron chi connectivity index (χ4n) is 1.66. The molecule has 0 amide bonds. The Labute approximate surface area is 134 Å². The Kier molecular flexibility index (Phi) is 6.06. The molecule has 1 aromatic rings. The zero-order chi connectivity index (χ0) is 16.2. The van der Waals surface area contributed by atoms with Gasteiger partial charge in [-0.15, -0.1) is 0 Å². The smallest absolute Gasteiger partial charge is 0.378 e. The molecule has 0 aliphatic heterocycles. The van der Waals surface area contributed by atoms with Gasteiger partial charge in [0.15, 0.2) is 6.10 Å². The third kappa shape index (κ3) is 4.62. The Morgan fingerprint density at radius 1 is 1.33 bits per heavy atom. The summed E-state index contributed by atoms with van der Waals surface area (Å²) in [4.78, 5) is 22.7. The first kappa shape index (κ1) is 17.8. The van der Waals surface area contributed by atoms with Crippen LogP contribution in [0.4, 0.5) is 8.78 Å². The van der Waals surface area contributed by atoms with E-state index >= 15 is 0 Å². The lowest BCUT2D eigenvalue weighted by atomic mass is 10.0. The van der Waals surface area contributed by atoms with Crippen molar-refractivity contribution in [2.75, 3.05) is 0 Å². The van der Waals surface area contributed by atoms with E-state index in [9.17, 15) is 18.4 Å². The van der Waals surface area contributed by atoms with Gasteiger partial charge in [-0.3, -0.25) is 0 Å². The number of hydrogen-bond donors (Lipinski definition) is 1. The number of esters is 1. The van der Waals surface area contributed by atoms with Crippen LogP contribution in [0, 0.1) is 9.49 Å². The van der Waals surface area contributed by atoms with Crippen LogP contribution in [0.1, 0.15) is 30.6 Å². The number of benzene rings is 1. The van der Waals surface area contributed by atoms with E-state index in [1.165, 1.54) is 6.07 Å². The van der Waals surface area contributed by atoms with Crippen LogP contribution in [-0.4, -0.2) is 29.1 Å². The van der Waals surface area contributed by atoms with Gasteiger partial charge < -0.3 is 9.84 Å². The highest BCUT2D eigenvalue weighted by atomic mass is 127. The van der Waals surface area contributed by atoms with E-state index in [1.54, 1.807) is 32.0 Å². The standard InChI is InChI=1S/C14H15F2IO4/c1-8(2)7-11(14(15,16)13(19)20)21-12(18)9-5-3-4-6-10(9)17/h3-6,8,11H,7H2,1-2H3,(H,19,20). The van der Waals surface area contributed by atoms with Crippen LogP contribution >= 0.6 is 22.6 Å². The van der Waals surface area contributed by atoms with Crippen molar-refractivity contribution in [2.24, 2.45) is 5.92 Å². The molecule has 0 aliphatic carbocycles. The van der Waals surface area contributed by atoms with Crippen LogP contribution in [0.25, 0.3) is 0 Å². The number of carboxylic acids is 1. The summed E-state index contributed by atoms with van der Waals surface area (Å²) in [5.74, 6) is -7.63. The second-order valence-electron chi connectivity index (χ2n) is 4.93. The number of rotatable bonds is 6. The molecule has 0 fully saturated rings. The molecule has 21 heavy (non-hydrogen) atoms. The normalized spacial score (nSPS) is 13.0. The summed E-state index contributed by atoms with van der Waals surface area (Å²) in [5.41, 5.74) is 0.132. The van der Waals surface area contributed by atoms with Crippen molar-refractivity contribution in [2.45, 2.75) is 32.3 Å². The van der Waals surface area contributed by atoms with Gasteiger partial charge in [-0.05, 0) is 47.1 Å². The predicted molar refractivity (Wildman–Crippen MR) is 80.4 cm³/mol. The Morgan fingerprint density at radius 3 is 2.38 bits per heavy atom. The van der Waals surface area contributed by atoms with E-state index in [4.69, 9.17) is 9.84 Å². The first-order valence-corrected chi connectivity index (χ1v) is 7.30. The van der Waals surface area contributed by atoms with Crippen LogP contribution in [0.2, 0.25) is 0 Å². The minimum absolute atomic E-state index is 0.132. The van der Waals surface area contributed by atoms with E-state index < -0.39 is 24.0 Å². The Morgan fingerprint density at radius 2 is 1.90 bits per heavy atom. The SMILES string of the molecule is CC(C)CC(OC(=O)c1ccccc1I)C(F)(F)C(=O)O. The van der Waals surface area contributed by atoms with Crippen LogP contribution in [-0.2, 0) is 9.53 Å². The lowest BCUT2D eigenvalue weighted by molar-refractivity contribution is -0.183. The second kappa shape index (κ2) is 7.15. The van der Waals surface area contributed by atoms with Gasteiger partial charge in [0.2, 0.25) is 0 Å². The molecule has 1 unspecified atom stereocenters. The van der Waals surface area contributed by atoms with E-state index in [2.05, 4.69) is 0 Å². The number of ether oxygens (including phenoxy) is 1. The van der Waals surface area contributed by atoms with Crippen LogP contribution in [0.15, 0.2) is 24.3 Å². The third-order valence-corrected chi connectivity index (χ3v) is 3.66. The molecular weight excluding hydrogens is 397 g/mol. The summed E-state index contributed by atoms with van der Waals surface area (Å²) in [6, 6.07) is 6.33. The molecule has 1 N–H and O–H groups in total. The predicted octanol–water partition coefficient (Wildman–Crippen LogP) is 3.58. The zero-order valence-electron chi connectivity index (χ0n) is 11.5. The maximum absolute atomic E-state index is 13.7. The number of alkyl halides is 2. The van der Waals surface area contributed by atoms with Gasteiger partial charge >= 0.3 is 17.9 Å². The highest BCUT2D eigenvalue weighted by Gasteiger charge is 2.50. The van der Waals surface area contributed by atoms with E-state index in [-0.39, 0.29) is 17.9 Å². The lowest BCUT2D eigenvalue weighted by Gasteiger charge is -2.25. The lowest BCUT2D eigenvalue weighted by Crippen LogP contribution is -2.45. The van der Waals surface area contributed by atoms with Crippen molar-refractivity contribution in [1.29, 1.82) is 0 Å². The van der Waals surface area contributed by atoms with Crippen molar-refractivity contribution in [3.63, 3.8) is 0 Å². The topological polar surface area (TPSA) is 63.6 Å². The Bertz CT molecular complexity index is 531. The zero-order valence-corrected chi connectivity index (χ0v) is 13.6. The van der Waals surface area contributed by atoms with Gasteiger partial charge in [0.05, 0.1) is 5.56 Å². The minimum atomic E-state index is -4.12. The fourth-order valence-corrected chi connectivity index (χ4v) is 2.26. The number of halogens is 3. The first-order valence-electron chi connectivity index (χ1n) is 6.23. The highest BCUT2D eigenvalue weighted by Crippen LogP contribution is 2.28. The van der Waals surface area contributed by atoms with Crippen molar-refractivity contribution < 1.29 is 28.2 Å². The molecule has 7 heteroatoms. The van der Waals surface area contributed by atoms with Crippen molar-refractivity contribution in [3.8, 4) is 0 Å². The van der Waals surface area contributed by atoms with Crippen LogP contribution in [0.5, 0.6) is 0 Å². The Hall–Kier alpha value is -1.25. The number of carbonyl (C=O) groups is 2. The van der Waals surface area contributed by atoms with Crippen molar-refractivity contribution >= 4 is 34.5 Å². The molecule has 0 radical (unpaired) electrons. The molecule has 0 heterocycles. The van der Waals surface area contributed by atoms with E-state index in [0.29, 0.717) is 3.57 Å². The minimum Gasteiger partial charge on any atom is -0.477 e. The Balaban J connectivity index is 2.99. The number of aliphatic carboxylic acids is 1. The summed E-state index contributed by atoms with van der Waals surface area (Å²) in [5, 5.41) is 8.62. The van der Waals surface area contributed by atoms with Crippen molar-refractivity contribution in [3.05, 3.63) is 33.4 Å². The van der Waals surface area contributed by atoms with Crippen LogP contribution in [0.3, 0.4) is 0 Å². The quantitative estimate of drug-likeness (QED) is 0.573. The molecular formula is C14H15F2IO4. The monoisotopic (exact) mass is 412 g/mol. The molecule has 0 saturated heterocycles. The molecule has 0 saturated carbocycles. The molecule has 0 spiro atoms. The number of carboxylic acid groups (broad SMARTS) is 1. The van der Waals surface area contributed by atoms with Gasteiger partial charge in [-0.25, -0.2) is 9.59 Å². The summed E-state index contributed by atoms with van der Waals surface area (Å²) in [6.45, 7) is 3.29. The van der Waals surface area contributed by atoms with Gasteiger partial charge in [-0.1, -0.05) is 26.0 Å². The van der Waals surface area contributed by atoms with Crippen LogP contribution < -0.4 is 0 Å². The van der Waals surface area contributed by atoms with Gasteiger partial charge in [-0.2, -0.15) is 8.78 Å². The summed E-state index contributed by atoms with van der Waals surface area (Å²) in [6.07, 6.45) is -2.24.